The van der Waals surface area contributed by atoms with Crippen LogP contribution >= 0.6 is 0 Å². The van der Waals surface area contributed by atoms with Gasteiger partial charge in [0.05, 0.1) is 5.56 Å². The van der Waals surface area contributed by atoms with Gasteiger partial charge >= 0.3 is 0 Å². The molecule has 0 atom stereocenters. The maximum atomic E-state index is 5.54. The number of hydrogen-bond acceptors (Lipinski definition) is 4. The topological polar surface area (TPSA) is 61.0 Å². The summed E-state index contributed by atoms with van der Waals surface area (Å²) >= 11 is 0. The molecular formula is C12H13N3O. The summed E-state index contributed by atoms with van der Waals surface area (Å²) < 4.78 is 5.54. The fourth-order valence-electron chi connectivity index (χ4n) is 1.38. The van der Waals surface area contributed by atoms with Gasteiger partial charge in [0.25, 0.3) is 0 Å². The lowest BCUT2D eigenvalue weighted by Gasteiger charge is -2.09. The third-order valence-corrected chi connectivity index (χ3v) is 2.07. The molecule has 4 heteroatoms. The summed E-state index contributed by atoms with van der Waals surface area (Å²) in [6.45, 7) is 0.980. The second kappa shape index (κ2) is 5.23. The van der Waals surface area contributed by atoms with E-state index in [1.165, 1.54) is 0 Å². The number of nitrogens with two attached hydrogens (primary N) is 1. The smallest absolute Gasteiger partial charge is 0.162 e. The maximum absolute atomic E-state index is 5.54. The normalized spacial score (nSPS) is 10.1. The fraction of sp³-hybridized carbons (Fsp3) is 0.167. The molecule has 0 unspecified atom stereocenters. The molecule has 0 saturated heterocycles. The number of hydrogen-bond donors (Lipinski definition) is 1. The van der Waals surface area contributed by atoms with E-state index in [4.69, 9.17) is 10.5 Å². The lowest BCUT2D eigenvalue weighted by atomic mass is 10.2. The molecule has 0 amide bonds. The number of nitrogens with zero attached hydrogens (tertiary/aromatic N) is 2. The zero-order chi connectivity index (χ0) is 11.2. The number of para-hydroxylation sites is 1. The minimum absolute atomic E-state index is 0.490. The predicted octanol–water partition coefficient (Wildman–Crippen LogP) is 1.48. The third kappa shape index (κ3) is 2.35. The molecule has 0 aliphatic rings. The average Bonchev–Trinajstić information content (AvgIpc) is 2.38. The molecule has 2 rings (SSSR count). The van der Waals surface area contributed by atoms with Crippen LogP contribution in [0.1, 0.15) is 0 Å². The monoisotopic (exact) mass is 215 g/mol. The van der Waals surface area contributed by atoms with Crippen molar-refractivity contribution in [2.24, 2.45) is 5.73 Å². The van der Waals surface area contributed by atoms with E-state index < -0.39 is 0 Å². The van der Waals surface area contributed by atoms with Crippen molar-refractivity contribution in [1.82, 2.24) is 9.97 Å². The van der Waals surface area contributed by atoms with Gasteiger partial charge in [-0.3, -0.25) is 0 Å². The van der Waals surface area contributed by atoms with Crippen molar-refractivity contribution >= 4 is 0 Å². The first-order valence-electron chi connectivity index (χ1n) is 5.11. The van der Waals surface area contributed by atoms with Crippen molar-refractivity contribution in [2.45, 2.75) is 0 Å². The largest absolute Gasteiger partial charge is 0.492 e. The first kappa shape index (κ1) is 10.6. The van der Waals surface area contributed by atoms with E-state index in [1.807, 2.05) is 24.3 Å². The molecule has 1 heterocycles. The third-order valence-electron chi connectivity index (χ3n) is 2.07. The van der Waals surface area contributed by atoms with Gasteiger partial charge in [-0.2, -0.15) is 0 Å². The zero-order valence-corrected chi connectivity index (χ0v) is 8.84. The Morgan fingerprint density at radius 3 is 2.56 bits per heavy atom. The SMILES string of the molecule is NCCOc1ccccc1-c1ncccn1. The standard InChI is InChI=1S/C12H13N3O/c13-6-9-16-11-5-2-1-4-10(11)12-14-7-3-8-15-12/h1-5,7-8H,6,9,13H2. The molecule has 0 aliphatic heterocycles. The van der Waals surface area contributed by atoms with Gasteiger partial charge in [-0.1, -0.05) is 12.1 Å². The van der Waals surface area contributed by atoms with Crippen LogP contribution in [0.2, 0.25) is 0 Å². The van der Waals surface area contributed by atoms with Crippen LogP contribution in [0.3, 0.4) is 0 Å². The van der Waals surface area contributed by atoms with E-state index in [-0.39, 0.29) is 0 Å². The number of rotatable bonds is 4. The summed E-state index contributed by atoms with van der Waals surface area (Å²) in [7, 11) is 0. The van der Waals surface area contributed by atoms with Gasteiger partial charge in [-0.05, 0) is 18.2 Å². The fourth-order valence-corrected chi connectivity index (χ4v) is 1.38. The summed E-state index contributed by atoms with van der Waals surface area (Å²) in [6.07, 6.45) is 3.42. The summed E-state index contributed by atoms with van der Waals surface area (Å²) in [5.74, 6) is 1.43. The average molecular weight is 215 g/mol. The van der Waals surface area contributed by atoms with Crippen LogP contribution < -0.4 is 10.5 Å². The Balaban J connectivity index is 2.33. The molecular weight excluding hydrogens is 202 g/mol. The van der Waals surface area contributed by atoms with E-state index in [2.05, 4.69) is 9.97 Å². The van der Waals surface area contributed by atoms with Crippen LogP contribution in [-0.2, 0) is 0 Å². The molecule has 0 aliphatic carbocycles. The lowest BCUT2D eigenvalue weighted by Crippen LogP contribution is -2.11. The molecule has 82 valence electrons. The van der Waals surface area contributed by atoms with Gasteiger partial charge in [0.2, 0.25) is 0 Å². The number of aromatic nitrogens is 2. The second-order valence-corrected chi connectivity index (χ2v) is 3.21. The van der Waals surface area contributed by atoms with E-state index in [0.717, 1.165) is 11.3 Å². The Kier molecular flexibility index (Phi) is 3.46. The molecule has 16 heavy (non-hydrogen) atoms. The van der Waals surface area contributed by atoms with E-state index in [1.54, 1.807) is 18.5 Å². The molecule has 0 spiro atoms. The molecule has 0 saturated carbocycles. The van der Waals surface area contributed by atoms with Crippen molar-refractivity contribution in [3.63, 3.8) is 0 Å². The highest BCUT2D eigenvalue weighted by molar-refractivity contribution is 5.63. The van der Waals surface area contributed by atoms with Crippen LogP contribution in [0.5, 0.6) is 5.75 Å². The van der Waals surface area contributed by atoms with Gasteiger partial charge in [-0.15, -0.1) is 0 Å². The maximum Gasteiger partial charge on any atom is 0.162 e. The summed E-state index contributed by atoms with van der Waals surface area (Å²) in [5.41, 5.74) is 6.29. The minimum Gasteiger partial charge on any atom is -0.492 e. The first-order valence-corrected chi connectivity index (χ1v) is 5.11. The van der Waals surface area contributed by atoms with Gasteiger partial charge in [0, 0.05) is 18.9 Å². The van der Waals surface area contributed by atoms with Crippen molar-refractivity contribution in [3.05, 3.63) is 42.7 Å². The van der Waals surface area contributed by atoms with Gasteiger partial charge in [0.15, 0.2) is 5.82 Å². The Morgan fingerprint density at radius 2 is 1.81 bits per heavy atom. The first-order chi connectivity index (χ1) is 7.92. The van der Waals surface area contributed by atoms with Crippen molar-refractivity contribution < 1.29 is 4.74 Å². The van der Waals surface area contributed by atoms with E-state index in [9.17, 15) is 0 Å². The second-order valence-electron chi connectivity index (χ2n) is 3.21. The molecule has 0 radical (unpaired) electrons. The molecule has 1 aromatic heterocycles. The summed E-state index contributed by atoms with van der Waals surface area (Å²) in [5, 5.41) is 0. The Labute approximate surface area is 94.1 Å². The van der Waals surface area contributed by atoms with Crippen molar-refractivity contribution in [3.8, 4) is 17.1 Å². The molecule has 0 bridgehead atoms. The van der Waals surface area contributed by atoms with Gasteiger partial charge < -0.3 is 10.5 Å². The Morgan fingerprint density at radius 1 is 1.06 bits per heavy atom. The minimum atomic E-state index is 0.490. The lowest BCUT2D eigenvalue weighted by molar-refractivity contribution is 0.329. The highest BCUT2D eigenvalue weighted by atomic mass is 16.5. The van der Waals surface area contributed by atoms with Crippen molar-refractivity contribution in [2.75, 3.05) is 13.2 Å². The van der Waals surface area contributed by atoms with Crippen molar-refractivity contribution in [1.29, 1.82) is 0 Å². The van der Waals surface area contributed by atoms with E-state index >= 15 is 0 Å². The van der Waals surface area contributed by atoms with Gasteiger partial charge in [0.1, 0.15) is 12.4 Å². The summed E-state index contributed by atoms with van der Waals surface area (Å²) in [4.78, 5) is 8.39. The number of ether oxygens (including phenoxy) is 1. The highest BCUT2D eigenvalue weighted by Gasteiger charge is 2.06. The quantitative estimate of drug-likeness (QED) is 0.839. The van der Waals surface area contributed by atoms with Crippen LogP contribution in [0.25, 0.3) is 11.4 Å². The zero-order valence-electron chi connectivity index (χ0n) is 8.84. The van der Waals surface area contributed by atoms with Crippen LogP contribution in [0, 0.1) is 0 Å². The molecule has 0 fully saturated rings. The molecule has 2 N–H and O–H groups in total. The highest BCUT2D eigenvalue weighted by Crippen LogP contribution is 2.26. The Bertz CT molecular complexity index is 445. The van der Waals surface area contributed by atoms with Crippen LogP contribution in [-0.4, -0.2) is 23.1 Å². The number of benzene rings is 1. The van der Waals surface area contributed by atoms with Gasteiger partial charge in [-0.25, -0.2) is 9.97 Å². The molecule has 2 aromatic rings. The molecule has 1 aromatic carbocycles. The summed E-state index contributed by atoms with van der Waals surface area (Å²) in [6, 6.07) is 9.45. The van der Waals surface area contributed by atoms with Crippen LogP contribution in [0.15, 0.2) is 42.7 Å². The van der Waals surface area contributed by atoms with Crippen LogP contribution in [0.4, 0.5) is 0 Å². The predicted molar refractivity (Wildman–Crippen MR) is 62.0 cm³/mol. The van der Waals surface area contributed by atoms with E-state index in [0.29, 0.717) is 19.0 Å². The molecule has 4 nitrogen and oxygen atoms in total. The Hall–Kier alpha value is -1.94.